The summed E-state index contributed by atoms with van der Waals surface area (Å²) in [7, 11) is 0. The van der Waals surface area contributed by atoms with E-state index >= 15 is 0 Å². The van der Waals surface area contributed by atoms with Gasteiger partial charge in [0, 0.05) is 30.1 Å². The summed E-state index contributed by atoms with van der Waals surface area (Å²) in [5.41, 5.74) is 5.61. The Morgan fingerprint density at radius 1 is 1.47 bits per heavy atom. The van der Waals surface area contributed by atoms with Crippen LogP contribution < -0.4 is 5.73 Å². The maximum Gasteiger partial charge on any atom is 0.227 e. The van der Waals surface area contributed by atoms with Gasteiger partial charge in [0.25, 0.3) is 0 Å². The second-order valence-electron chi connectivity index (χ2n) is 4.34. The minimum atomic E-state index is 0.0208. The van der Waals surface area contributed by atoms with E-state index in [1.807, 2.05) is 23.6 Å². The van der Waals surface area contributed by atoms with Crippen LogP contribution in [0.1, 0.15) is 27.2 Å². The second kappa shape index (κ2) is 5.75. The van der Waals surface area contributed by atoms with Crippen LogP contribution in [0.3, 0.4) is 0 Å². The molecule has 1 heterocycles. The lowest BCUT2D eigenvalue weighted by molar-refractivity contribution is -0.135. The molecule has 15 heavy (non-hydrogen) atoms. The van der Waals surface area contributed by atoms with Crippen LogP contribution in [0.15, 0.2) is 0 Å². The zero-order chi connectivity index (χ0) is 11.4. The molecule has 1 aliphatic rings. The summed E-state index contributed by atoms with van der Waals surface area (Å²) in [4.78, 5) is 14.1. The van der Waals surface area contributed by atoms with E-state index in [0.29, 0.717) is 17.0 Å². The number of carbonyl (C=O) groups is 1. The molecule has 2 N–H and O–H groups in total. The molecule has 0 aromatic carbocycles. The van der Waals surface area contributed by atoms with Crippen LogP contribution in [-0.4, -0.2) is 40.9 Å². The predicted molar refractivity (Wildman–Crippen MR) is 65.9 cm³/mol. The van der Waals surface area contributed by atoms with Gasteiger partial charge in [-0.1, -0.05) is 20.8 Å². The summed E-state index contributed by atoms with van der Waals surface area (Å²) >= 11 is 1.96. The van der Waals surface area contributed by atoms with Crippen molar-refractivity contribution in [2.45, 2.75) is 37.7 Å². The van der Waals surface area contributed by atoms with Gasteiger partial charge in [-0.15, -0.1) is 0 Å². The summed E-state index contributed by atoms with van der Waals surface area (Å²) < 4.78 is 0. The molecule has 3 unspecified atom stereocenters. The Balaban J connectivity index is 2.58. The molecule has 0 radical (unpaired) electrons. The van der Waals surface area contributed by atoms with Gasteiger partial charge in [-0.3, -0.25) is 4.79 Å². The fourth-order valence-corrected chi connectivity index (χ4v) is 3.38. The van der Waals surface area contributed by atoms with E-state index < -0.39 is 0 Å². The zero-order valence-electron chi connectivity index (χ0n) is 9.90. The Kier molecular flexibility index (Phi) is 4.93. The number of hydrogen-bond acceptors (Lipinski definition) is 3. The fraction of sp³-hybridized carbons (Fsp3) is 0.909. The lowest BCUT2D eigenvalue weighted by atomic mass is 10.0. The average molecular weight is 230 g/mol. The Morgan fingerprint density at radius 2 is 2.00 bits per heavy atom. The molecule has 0 aliphatic carbocycles. The average Bonchev–Trinajstić information content (AvgIpc) is 2.18. The number of rotatable bonds is 3. The number of nitrogens with two attached hydrogens (primary N) is 1. The molecule has 1 aliphatic heterocycles. The molecule has 3 atom stereocenters. The normalized spacial score (nSPS) is 28.9. The second-order valence-corrected chi connectivity index (χ2v) is 6.22. The number of amides is 1. The van der Waals surface area contributed by atoms with E-state index in [4.69, 9.17) is 5.73 Å². The topological polar surface area (TPSA) is 46.3 Å². The lowest BCUT2D eigenvalue weighted by Gasteiger charge is -2.36. The van der Waals surface area contributed by atoms with E-state index in [1.165, 1.54) is 0 Å². The molecular weight excluding hydrogens is 208 g/mol. The summed E-state index contributed by atoms with van der Waals surface area (Å²) in [5, 5.41) is 1.10. The first-order valence-corrected chi connectivity index (χ1v) is 6.67. The Morgan fingerprint density at radius 3 is 2.40 bits per heavy atom. The molecule has 1 amide bonds. The minimum Gasteiger partial charge on any atom is -0.340 e. The Bertz CT molecular complexity index is 209. The van der Waals surface area contributed by atoms with Gasteiger partial charge in [-0.2, -0.15) is 11.8 Å². The molecule has 1 fully saturated rings. The van der Waals surface area contributed by atoms with Crippen molar-refractivity contribution in [3.05, 3.63) is 0 Å². The number of hydrogen-bond donors (Lipinski definition) is 1. The molecule has 4 heteroatoms. The van der Waals surface area contributed by atoms with Crippen molar-refractivity contribution in [3.8, 4) is 0 Å². The van der Waals surface area contributed by atoms with Gasteiger partial charge in [0.05, 0.1) is 5.92 Å². The van der Waals surface area contributed by atoms with Crippen molar-refractivity contribution >= 4 is 17.7 Å². The highest BCUT2D eigenvalue weighted by molar-refractivity contribution is 8.00. The first-order valence-electron chi connectivity index (χ1n) is 5.72. The van der Waals surface area contributed by atoms with Gasteiger partial charge in [0.15, 0.2) is 0 Å². The molecule has 0 aromatic heterocycles. The maximum atomic E-state index is 12.1. The van der Waals surface area contributed by atoms with Crippen molar-refractivity contribution < 1.29 is 4.79 Å². The zero-order valence-corrected chi connectivity index (χ0v) is 10.7. The highest BCUT2D eigenvalue weighted by atomic mass is 32.2. The number of thioether (sulfide) groups is 1. The lowest BCUT2D eigenvalue weighted by Crippen LogP contribution is -2.47. The van der Waals surface area contributed by atoms with Gasteiger partial charge in [-0.05, 0) is 6.42 Å². The predicted octanol–water partition coefficient (Wildman–Crippen LogP) is 1.32. The highest BCUT2D eigenvalue weighted by Gasteiger charge is 2.28. The van der Waals surface area contributed by atoms with Crippen LogP contribution >= 0.6 is 11.8 Å². The van der Waals surface area contributed by atoms with E-state index in [-0.39, 0.29) is 11.8 Å². The third-order valence-corrected chi connectivity index (χ3v) is 4.09. The third-order valence-electron chi connectivity index (χ3n) is 2.86. The van der Waals surface area contributed by atoms with Crippen molar-refractivity contribution in [2.24, 2.45) is 11.7 Å². The molecule has 0 saturated carbocycles. The van der Waals surface area contributed by atoms with Crippen molar-refractivity contribution in [3.63, 3.8) is 0 Å². The Labute approximate surface area is 96.8 Å². The van der Waals surface area contributed by atoms with E-state index in [2.05, 4.69) is 13.8 Å². The van der Waals surface area contributed by atoms with Crippen molar-refractivity contribution in [1.82, 2.24) is 4.90 Å². The maximum absolute atomic E-state index is 12.1. The van der Waals surface area contributed by atoms with Crippen LogP contribution in [0.25, 0.3) is 0 Å². The van der Waals surface area contributed by atoms with Crippen molar-refractivity contribution in [2.75, 3.05) is 19.6 Å². The van der Waals surface area contributed by atoms with Crippen LogP contribution in [0, 0.1) is 5.92 Å². The molecular formula is C11H22N2OS. The smallest absolute Gasteiger partial charge is 0.227 e. The van der Waals surface area contributed by atoms with Crippen LogP contribution in [0.4, 0.5) is 0 Å². The standard InChI is InChI=1S/C11H22N2OS/c1-4-10(5-12)11(14)13-6-8(2)15-9(3)7-13/h8-10H,4-7,12H2,1-3H3. The van der Waals surface area contributed by atoms with Gasteiger partial charge in [-0.25, -0.2) is 0 Å². The van der Waals surface area contributed by atoms with Gasteiger partial charge in [0.2, 0.25) is 5.91 Å². The quantitative estimate of drug-likeness (QED) is 0.795. The molecule has 0 aromatic rings. The molecule has 0 spiro atoms. The number of nitrogens with zero attached hydrogens (tertiary/aromatic N) is 1. The molecule has 1 rings (SSSR count). The molecule has 88 valence electrons. The van der Waals surface area contributed by atoms with Gasteiger partial charge in [0.1, 0.15) is 0 Å². The van der Waals surface area contributed by atoms with Crippen molar-refractivity contribution in [1.29, 1.82) is 0 Å². The van der Waals surface area contributed by atoms with Crippen LogP contribution in [-0.2, 0) is 4.79 Å². The number of carbonyl (C=O) groups excluding carboxylic acids is 1. The van der Waals surface area contributed by atoms with Crippen LogP contribution in [0.2, 0.25) is 0 Å². The summed E-state index contributed by atoms with van der Waals surface area (Å²) in [5.74, 6) is 0.270. The summed E-state index contributed by atoms with van der Waals surface area (Å²) in [6.45, 7) is 8.63. The fourth-order valence-electron chi connectivity index (χ4n) is 2.06. The van der Waals surface area contributed by atoms with Crippen LogP contribution in [0.5, 0.6) is 0 Å². The monoisotopic (exact) mass is 230 g/mol. The molecule has 0 bridgehead atoms. The van der Waals surface area contributed by atoms with Gasteiger partial charge >= 0.3 is 0 Å². The SMILES string of the molecule is CCC(CN)C(=O)N1CC(C)SC(C)C1. The first kappa shape index (κ1) is 12.8. The largest absolute Gasteiger partial charge is 0.340 e. The third kappa shape index (κ3) is 3.38. The minimum absolute atomic E-state index is 0.0208. The van der Waals surface area contributed by atoms with E-state index in [1.54, 1.807) is 0 Å². The molecule has 3 nitrogen and oxygen atoms in total. The van der Waals surface area contributed by atoms with Gasteiger partial charge < -0.3 is 10.6 Å². The van der Waals surface area contributed by atoms with E-state index in [0.717, 1.165) is 19.5 Å². The van der Waals surface area contributed by atoms with E-state index in [9.17, 15) is 4.79 Å². The summed E-state index contributed by atoms with van der Waals surface area (Å²) in [6, 6.07) is 0. The first-order chi connectivity index (χ1) is 7.08. The molecule has 1 saturated heterocycles. The summed E-state index contributed by atoms with van der Waals surface area (Å²) in [6.07, 6.45) is 0.849. The Hall–Kier alpha value is -0.220. The highest BCUT2D eigenvalue weighted by Crippen LogP contribution is 2.25.